The van der Waals surface area contributed by atoms with E-state index in [-0.39, 0.29) is 0 Å². The van der Waals surface area contributed by atoms with Crippen LogP contribution in [0, 0.1) is 0 Å². The Bertz CT molecular complexity index is 146. The van der Waals surface area contributed by atoms with Crippen LogP contribution >= 0.6 is 0 Å². The Balaban J connectivity index is 2.30. The summed E-state index contributed by atoms with van der Waals surface area (Å²) in [6.07, 6.45) is 3.15. The van der Waals surface area contributed by atoms with Gasteiger partial charge in [0.1, 0.15) is 0 Å². The second kappa shape index (κ2) is 5.94. The van der Waals surface area contributed by atoms with E-state index in [1.54, 1.807) is 0 Å². The van der Waals surface area contributed by atoms with Gasteiger partial charge in [-0.3, -0.25) is 4.79 Å². The second-order valence-corrected chi connectivity index (χ2v) is 3.43. The van der Waals surface area contributed by atoms with E-state index in [1.165, 1.54) is 0 Å². The number of nitrogens with zero attached hydrogens (tertiary/aromatic N) is 1. The predicted octanol–water partition coefficient (Wildman–Crippen LogP) is -0.584. The molecule has 0 aromatic heterocycles. The number of rotatable bonds is 5. The minimum absolute atomic E-state index is 0.451. The Kier molecular flexibility index (Phi) is 4.78. The normalized spacial score (nSPS) is 18.5. The molecule has 2 N–H and O–H groups in total. The largest absolute Gasteiger partial charge is 0.341 e. The average Bonchev–Trinajstić information content (AvgIpc) is 2.21. The number of carbonyl (C=O) groups excluding carboxylic acids is 1. The highest BCUT2D eigenvalue weighted by Crippen LogP contribution is 2.08. The first kappa shape index (κ1) is 10.5. The third-order valence-corrected chi connectivity index (χ3v) is 2.53. The van der Waals surface area contributed by atoms with Gasteiger partial charge < -0.3 is 15.5 Å². The molecule has 1 heterocycles. The maximum absolute atomic E-state index is 10.8. The van der Waals surface area contributed by atoms with Gasteiger partial charge in [-0.25, -0.2) is 0 Å². The standard InChI is InChI=1S/C9H19N3O/c1-10-6-7-12(8-13)9-2-4-11-5-3-9/h8-11H,2-7H2,1H3. The highest BCUT2D eigenvalue weighted by Gasteiger charge is 2.18. The van der Waals surface area contributed by atoms with Crippen molar-refractivity contribution in [2.24, 2.45) is 0 Å². The molecular weight excluding hydrogens is 166 g/mol. The van der Waals surface area contributed by atoms with Crippen LogP contribution in [0.5, 0.6) is 0 Å². The molecule has 0 unspecified atom stereocenters. The minimum Gasteiger partial charge on any atom is -0.341 e. The lowest BCUT2D eigenvalue weighted by Gasteiger charge is -2.31. The van der Waals surface area contributed by atoms with Crippen molar-refractivity contribution in [1.82, 2.24) is 15.5 Å². The smallest absolute Gasteiger partial charge is 0.209 e. The van der Waals surface area contributed by atoms with Gasteiger partial charge in [0, 0.05) is 19.1 Å². The van der Waals surface area contributed by atoms with Crippen LogP contribution in [-0.4, -0.2) is 50.6 Å². The van der Waals surface area contributed by atoms with E-state index < -0.39 is 0 Å². The molecule has 4 heteroatoms. The van der Waals surface area contributed by atoms with Gasteiger partial charge in [0.25, 0.3) is 0 Å². The van der Waals surface area contributed by atoms with Gasteiger partial charge in [-0.1, -0.05) is 0 Å². The van der Waals surface area contributed by atoms with E-state index in [2.05, 4.69) is 10.6 Å². The third-order valence-electron chi connectivity index (χ3n) is 2.53. The fourth-order valence-corrected chi connectivity index (χ4v) is 1.70. The summed E-state index contributed by atoms with van der Waals surface area (Å²) < 4.78 is 0. The molecule has 0 bridgehead atoms. The van der Waals surface area contributed by atoms with E-state index >= 15 is 0 Å². The molecule has 1 rings (SSSR count). The van der Waals surface area contributed by atoms with Gasteiger partial charge in [0.05, 0.1) is 0 Å². The fourth-order valence-electron chi connectivity index (χ4n) is 1.70. The Morgan fingerprint density at radius 1 is 1.54 bits per heavy atom. The van der Waals surface area contributed by atoms with Crippen molar-refractivity contribution in [2.45, 2.75) is 18.9 Å². The summed E-state index contributed by atoms with van der Waals surface area (Å²) in [5.74, 6) is 0. The highest BCUT2D eigenvalue weighted by atomic mass is 16.1. The summed E-state index contributed by atoms with van der Waals surface area (Å²) in [6.45, 7) is 3.77. The minimum atomic E-state index is 0.451. The van der Waals surface area contributed by atoms with Crippen LogP contribution < -0.4 is 10.6 Å². The molecule has 4 nitrogen and oxygen atoms in total. The molecule has 0 radical (unpaired) electrons. The third kappa shape index (κ3) is 3.32. The van der Waals surface area contributed by atoms with Gasteiger partial charge in [-0.15, -0.1) is 0 Å². The highest BCUT2D eigenvalue weighted by molar-refractivity contribution is 5.47. The fraction of sp³-hybridized carbons (Fsp3) is 0.889. The first-order valence-corrected chi connectivity index (χ1v) is 4.95. The Morgan fingerprint density at radius 2 is 2.23 bits per heavy atom. The molecule has 1 aliphatic rings. The van der Waals surface area contributed by atoms with Gasteiger partial charge in [0.2, 0.25) is 6.41 Å². The van der Waals surface area contributed by atoms with Crippen LogP contribution in [0.3, 0.4) is 0 Å². The molecule has 1 amide bonds. The molecule has 13 heavy (non-hydrogen) atoms. The SMILES string of the molecule is CNCCN(C=O)C1CCNCC1. The van der Waals surface area contributed by atoms with E-state index in [1.807, 2.05) is 11.9 Å². The van der Waals surface area contributed by atoms with E-state index in [0.29, 0.717) is 6.04 Å². The maximum atomic E-state index is 10.8. The zero-order valence-corrected chi connectivity index (χ0v) is 8.25. The molecule has 0 aliphatic carbocycles. The quantitative estimate of drug-likeness (QED) is 0.563. The van der Waals surface area contributed by atoms with Gasteiger partial charge in [0.15, 0.2) is 0 Å². The van der Waals surface area contributed by atoms with Gasteiger partial charge in [-0.2, -0.15) is 0 Å². The zero-order chi connectivity index (χ0) is 9.52. The summed E-state index contributed by atoms with van der Waals surface area (Å²) in [5, 5.41) is 6.35. The summed E-state index contributed by atoms with van der Waals surface area (Å²) >= 11 is 0. The van der Waals surface area contributed by atoms with E-state index in [4.69, 9.17) is 0 Å². The molecular formula is C9H19N3O. The number of amides is 1. The number of nitrogens with one attached hydrogen (secondary N) is 2. The lowest BCUT2D eigenvalue weighted by molar-refractivity contribution is -0.120. The monoisotopic (exact) mass is 185 g/mol. The summed E-state index contributed by atoms with van der Waals surface area (Å²) in [4.78, 5) is 12.7. The predicted molar refractivity (Wildman–Crippen MR) is 52.6 cm³/mol. The molecule has 0 aromatic carbocycles. The van der Waals surface area contributed by atoms with Crippen molar-refractivity contribution in [3.05, 3.63) is 0 Å². The molecule has 0 saturated carbocycles. The first-order valence-electron chi connectivity index (χ1n) is 4.95. The molecule has 0 atom stereocenters. The van der Waals surface area contributed by atoms with Crippen LogP contribution in [0.15, 0.2) is 0 Å². The Hall–Kier alpha value is -0.610. The van der Waals surface area contributed by atoms with Crippen molar-refractivity contribution in [3.8, 4) is 0 Å². The van der Waals surface area contributed by atoms with Gasteiger partial charge in [-0.05, 0) is 33.0 Å². The number of likely N-dealkylation sites (N-methyl/N-ethyl adjacent to an activating group) is 1. The first-order chi connectivity index (χ1) is 6.38. The summed E-state index contributed by atoms with van der Waals surface area (Å²) in [7, 11) is 1.91. The van der Waals surface area contributed by atoms with Crippen molar-refractivity contribution in [2.75, 3.05) is 33.2 Å². The van der Waals surface area contributed by atoms with Crippen LogP contribution in [0.4, 0.5) is 0 Å². The topological polar surface area (TPSA) is 44.4 Å². The van der Waals surface area contributed by atoms with Crippen LogP contribution in [0.25, 0.3) is 0 Å². The molecule has 1 fully saturated rings. The van der Waals surface area contributed by atoms with Crippen molar-refractivity contribution in [3.63, 3.8) is 0 Å². The number of hydrogen-bond acceptors (Lipinski definition) is 3. The maximum Gasteiger partial charge on any atom is 0.209 e. The molecule has 76 valence electrons. The van der Waals surface area contributed by atoms with Gasteiger partial charge >= 0.3 is 0 Å². The van der Waals surface area contributed by atoms with E-state index in [0.717, 1.165) is 45.4 Å². The number of piperidine rings is 1. The lowest BCUT2D eigenvalue weighted by atomic mass is 10.1. The Morgan fingerprint density at radius 3 is 2.77 bits per heavy atom. The van der Waals surface area contributed by atoms with Crippen molar-refractivity contribution in [1.29, 1.82) is 0 Å². The van der Waals surface area contributed by atoms with Crippen molar-refractivity contribution >= 4 is 6.41 Å². The Labute approximate surface area is 79.7 Å². The van der Waals surface area contributed by atoms with Crippen LogP contribution in [0.2, 0.25) is 0 Å². The number of carbonyl (C=O) groups is 1. The lowest BCUT2D eigenvalue weighted by Crippen LogP contribution is -2.44. The van der Waals surface area contributed by atoms with Crippen molar-refractivity contribution < 1.29 is 4.79 Å². The molecule has 0 spiro atoms. The molecule has 1 saturated heterocycles. The average molecular weight is 185 g/mol. The van der Waals surface area contributed by atoms with E-state index in [9.17, 15) is 4.79 Å². The zero-order valence-electron chi connectivity index (χ0n) is 8.25. The van der Waals surface area contributed by atoms with Crippen LogP contribution in [0.1, 0.15) is 12.8 Å². The van der Waals surface area contributed by atoms with Crippen LogP contribution in [-0.2, 0) is 4.79 Å². The second-order valence-electron chi connectivity index (χ2n) is 3.43. The molecule has 0 aromatic rings. The summed E-state index contributed by atoms with van der Waals surface area (Å²) in [6, 6.07) is 0.451. The number of hydrogen-bond donors (Lipinski definition) is 2. The summed E-state index contributed by atoms with van der Waals surface area (Å²) in [5.41, 5.74) is 0. The molecule has 1 aliphatic heterocycles.